The van der Waals surface area contributed by atoms with E-state index in [-0.39, 0.29) is 43.8 Å². The monoisotopic (exact) mass is 1040 g/mol. The van der Waals surface area contributed by atoms with Crippen molar-refractivity contribution in [2.45, 2.75) is 85.2 Å². The van der Waals surface area contributed by atoms with Crippen LogP contribution in [0.15, 0.2) is 85.0 Å². The molecule has 8 heterocycles. The largest absolute Gasteiger partial charge is 0.481 e. The fourth-order valence-corrected chi connectivity index (χ4v) is 9.88. The smallest absolute Gasteiger partial charge is 0.414 e. The number of nitrogens with zero attached hydrogens (tertiary/aromatic N) is 9. The molecule has 5 aromatic heterocycles. The Labute approximate surface area is 437 Å². The molecule has 0 spiro atoms. The maximum atomic E-state index is 14.1. The van der Waals surface area contributed by atoms with Gasteiger partial charge in [0.25, 0.3) is 5.91 Å². The van der Waals surface area contributed by atoms with Gasteiger partial charge in [-0.2, -0.15) is 0 Å². The van der Waals surface area contributed by atoms with Crippen LogP contribution in [0.3, 0.4) is 0 Å². The van der Waals surface area contributed by atoms with Crippen molar-refractivity contribution in [2.75, 3.05) is 56.2 Å². The number of hydrogen-bond acceptors (Lipinski definition) is 16. The van der Waals surface area contributed by atoms with Crippen molar-refractivity contribution in [1.82, 2.24) is 49.8 Å². The first-order chi connectivity index (χ1) is 35.9. The number of aromatic nitrogens is 6. The molecule has 3 aliphatic rings. The number of carbonyl (C=O) groups excluding carboxylic acids is 5. The number of anilines is 2. The normalized spacial score (nSPS) is 17.2. The van der Waals surface area contributed by atoms with Gasteiger partial charge < -0.3 is 44.6 Å². The fourth-order valence-electron chi connectivity index (χ4n) is 9.07. The molecule has 0 aliphatic carbocycles. The summed E-state index contributed by atoms with van der Waals surface area (Å²) in [5, 5.41) is 19.3. The number of thiazole rings is 1. The van der Waals surface area contributed by atoms with Gasteiger partial charge in [0.15, 0.2) is 24.0 Å². The first-order valence-corrected chi connectivity index (χ1v) is 25.6. The SMILES string of the molecule is Cc1ncsc1-c1ccc(CNC(=O)[C@@H]2C[C@@H](O)CN2C(=O)[C@@H](NC(=O)COc2cnc(C3=CCN(CC(=O)Nc4cn5cc(-c6cnc7c(c6)N(C(=O)OC(C)C)CCO7)ccc5n4)CC3)nc2)C(C)(C)C)cc1. The molecule has 0 bridgehead atoms. The average Bonchev–Trinajstić information content (AvgIpc) is 4.13. The van der Waals surface area contributed by atoms with E-state index < -0.39 is 54.0 Å². The molecule has 3 aliphatic heterocycles. The van der Waals surface area contributed by atoms with Crippen molar-refractivity contribution in [1.29, 1.82) is 0 Å². The molecule has 75 heavy (non-hydrogen) atoms. The molecular weight excluding hydrogens is 981 g/mol. The van der Waals surface area contributed by atoms with Gasteiger partial charge in [0, 0.05) is 56.1 Å². The first kappa shape index (κ1) is 52.1. The van der Waals surface area contributed by atoms with Gasteiger partial charge in [-0.05, 0) is 67.5 Å². The third-order valence-electron chi connectivity index (χ3n) is 12.9. The predicted molar refractivity (Wildman–Crippen MR) is 280 cm³/mol. The minimum Gasteiger partial charge on any atom is -0.481 e. The molecule has 1 aromatic carbocycles. The molecule has 21 nitrogen and oxygen atoms in total. The van der Waals surface area contributed by atoms with Crippen LogP contribution < -0.4 is 30.3 Å². The van der Waals surface area contributed by atoms with Crippen molar-refractivity contribution in [3.05, 3.63) is 102 Å². The lowest BCUT2D eigenvalue weighted by Crippen LogP contribution is -2.58. The van der Waals surface area contributed by atoms with Crippen LogP contribution in [0.1, 0.15) is 64.5 Å². The second-order valence-corrected chi connectivity index (χ2v) is 20.9. The fraction of sp³-hybridized carbons (Fsp3) is 0.396. The number of rotatable bonds is 15. The highest BCUT2D eigenvalue weighted by Gasteiger charge is 2.44. The molecule has 4 N–H and O–H groups in total. The van der Waals surface area contributed by atoms with Crippen LogP contribution in [-0.2, 0) is 30.5 Å². The van der Waals surface area contributed by atoms with Crippen LogP contribution in [0.4, 0.5) is 16.3 Å². The summed E-state index contributed by atoms with van der Waals surface area (Å²) in [4.78, 5) is 95.2. The van der Waals surface area contributed by atoms with Crippen LogP contribution in [0.5, 0.6) is 11.6 Å². The van der Waals surface area contributed by atoms with Gasteiger partial charge in [0.2, 0.25) is 23.6 Å². The van der Waals surface area contributed by atoms with E-state index in [9.17, 15) is 29.1 Å². The molecule has 0 saturated carbocycles. The van der Waals surface area contributed by atoms with Gasteiger partial charge in [-0.3, -0.25) is 29.0 Å². The summed E-state index contributed by atoms with van der Waals surface area (Å²) in [5.41, 5.74) is 7.55. The van der Waals surface area contributed by atoms with E-state index in [4.69, 9.17) is 14.2 Å². The summed E-state index contributed by atoms with van der Waals surface area (Å²) in [6.45, 7) is 12.6. The number of aliphatic hydroxyl groups excluding tert-OH is 1. The van der Waals surface area contributed by atoms with Crippen molar-refractivity contribution in [3.63, 3.8) is 0 Å². The second kappa shape index (κ2) is 22.3. The molecule has 1 fully saturated rings. The molecule has 1 saturated heterocycles. The van der Waals surface area contributed by atoms with Gasteiger partial charge in [-0.1, -0.05) is 51.1 Å². The van der Waals surface area contributed by atoms with E-state index in [2.05, 4.69) is 40.9 Å². The zero-order valence-electron chi connectivity index (χ0n) is 42.6. The first-order valence-electron chi connectivity index (χ1n) is 24.8. The number of aryl methyl sites for hydroxylation is 1. The Kier molecular flexibility index (Phi) is 15.5. The Hall–Kier alpha value is -7.82. The van der Waals surface area contributed by atoms with Crippen molar-refractivity contribution in [3.8, 4) is 33.2 Å². The predicted octanol–water partition coefficient (Wildman–Crippen LogP) is 5.28. The zero-order chi connectivity index (χ0) is 53.0. The Bertz CT molecular complexity index is 3120. The third kappa shape index (κ3) is 12.4. The summed E-state index contributed by atoms with van der Waals surface area (Å²) in [7, 11) is 0. The van der Waals surface area contributed by atoms with E-state index in [1.54, 1.807) is 43.1 Å². The minimum absolute atomic E-state index is 0.0475. The number of amides is 5. The Morgan fingerprint density at radius 1 is 0.933 bits per heavy atom. The number of benzene rings is 1. The van der Waals surface area contributed by atoms with Gasteiger partial charge in [-0.15, -0.1) is 11.3 Å². The number of β-amino-alcohol motifs (C(OH)–C–C–N with tert-alkyl or cyclic N) is 1. The number of ether oxygens (including phenoxy) is 3. The lowest BCUT2D eigenvalue weighted by molar-refractivity contribution is -0.144. The molecule has 22 heteroatoms. The van der Waals surface area contributed by atoms with Gasteiger partial charge in [0.1, 0.15) is 30.0 Å². The maximum absolute atomic E-state index is 14.1. The number of carbonyl (C=O) groups is 5. The van der Waals surface area contributed by atoms with Gasteiger partial charge in [-0.25, -0.2) is 29.7 Å². The Balaban J connectivity index is 0.734. The second-order valence-electron chi connectivity index (χ2n) is 20.0. The number of fused-ring (bicyclic) bond motifs is 2. The van der Waals surface area contributed by atoms with Gasteiger partial charge >= 0.3 is 6.09 Å². The van der Waals surface area contributed by atoms with E-state index in [1.165, 1.54) is 22.2 Å². The standard InChI is InChI=1S/C53H60N12O9S/c1-31(2)74-52(71)64-17-18-72-50-41(64)19-37(22-57-50)36-11-12-43-59-42(27-63(43)25-36)60-44(67)28-62-15-13-35(14-16-62)48-54-23-39(24-55-48)73-29-45(68)61-47(53(4,5)6)51(70)65-26-38(66)20-40(65)49(69)56-21-33-7-9-34(10-8-33)46-32(3)58-30-75-46/h7-13,19,22-25,27,30-31,38,40,47,66H,14-18,20-21,26,28-29H2,1-6H3,(H,56,69)(H,60,67)(H,61,68)/t38-,40+,47-/m1/s1. The number of likely N-dealkylation sites (tertiary alicyclic amines) is 1. The lowest BCUT2D eigenvalue weighted by atomic mass is 9.85. The number of imidazole rings is 1. The number of hydrogen-bond donors (Lipinski definition) is 4. The van der Waals surface area contributed by atoms with Crippen LogP contribution >= 0.6 is 11.3 Å². The van der Waals surface area contributed by atoms with Crippen molar-refractivity contribution < 1.29 is 43.3 Å². The van der Waals surface area contributed by atoms with Crippen LogP contribution in [0.25, 0.3) is 32.8 Å². The van der Waals surface area contributed by atoms with Crippen LogP contribution in [-0.4, -0.2) is 144 Å². The van der Waals surface area contributed by atoms with Crippen LogP contribution in [0, 0.1) is 12.3 Å². The Morgan fingerprint density at radius 3 is 2.41 bits per heavy atom. The van der Waals surface area contributed by atoms with E-state index in [0.717, 1.165) is 38.4 Å². The quantitative estimate of drug-likeness (QED) is 0.102. The molecule has 6 aromatic rings. The molecule has 3 atom stereocenters. The topological polar surface area (TPSA) is 248 Å². The van der Waals surface area contributed by atoms with Crippen LogP contribution in [0.2, 0.25) is 0 Å². The third-order valence-corrected chi connectivity index (χ3v) is 13.9. The highest BCUT2D eigenvalue weighted by molar-refractivity contribution is 7.13. The minimum atomic E-state index is -1.03. The summed E-state index contributed by atoms with van der Waals surface area (Å²) in [6, 6.07) is 11.5. The van der Waals surface area contributed by atoms with E-state index in [0.29, 0.717) is 61.5 Å². The maximum Gasteiger partial charge on any atom is 0.414 e. The van der Waals surface area contributed by atoms with Gasteiger partial charge in [0.05, 0.1) is 60.0 Å². The summed E-state index contributed by atoms with van der Waals surface area (Å²) in [5.74, 6) is -0.154. The van der Waals surface area contributed by atoms with E-state index in [1.807, 2.05) is 91.7 Å². The van der Waals surface area contributed by atoms with E-state index >= 15 is 0 Å². The summed E-state index contributed by atoms with van der Waals surface area (Å²) < 4.78 is 18.7. The molecule has 392 valence electrons. The highest BCUT2D eigenvalue weighted by atomic mass is 32.1. The Morgan fingerprint density at radius 2 is 1.71 bits per heavy atom. The van der Waals surface area contributed by atoms with Crippen molar-refractivity contribution in [2.24, 2.45) is 5.41 Å². The zero-order valence-corrected chi connectivity index (χ0v) is 43.4. The molecular formula is C53H60N12O9S. The highest BCUT2D eigenvalue weighted by Crippen LogP contribution is 2.35. The molecule has 5 amide bonds. The number of pyridine rings is 2. The number of aliphatic hydroxyl groups is 1. The molecule has 9 rings (SSSR count). The molecule has 0 unspecified atom stereocenters. The summed E-state index contributed by atoms with van der Waals surface area (Å²) >= 11 is 1.56. The molecule has 0 radical (unpaired) electrons. The average molecular weight is 1040 g/mol. The van der Waals surface area contributed by atoms with Crippen molar-refractivity contribution >= 4 is 63.8 Å². The summed E-state index contributed by atoms with van der Waals surface area (Å²) in [6.07, 6.45) is 9.25. The lowest BCUT2D eigenvalue weighted by Gasteiger charge is -2.35. The number of nitrogens with one attached hydrogen (secondary N) is 3.